The van der Waals surface area contributed by atoms with E-state index < -0.39 is 36.8 Å². The van der Waals surface area contributed by atoms with Gasteiger partial charge in [-0.15, -0.1) is 0 Å². The lowest BCUT2D eigenvalue weighted by Crippen LogP contribution is -2.57. The van der Waals surface area contributed by atoms with Crippen molar-refractivity contribution in [2.75, 3.05) is 6.54 Å². The molecule has 1 aromatic carbocycles. The van der Waals surface area contributed by atoms with Gasteiger partial charge in [-0.3, -0.25) is 19.4 Å². The van der Waals surface area contributed by atoms with Gasteiger partial charge >= 0.3 is 7.12 Å². The number of carbonyl (C=O) groups is 3. The summed E-state index contributed by atoms with van der Waals surface area (Å²) in [6, 6.07) is 8.89. The zero-order chi connectivity index (χ0) is 23.7. The number of hydrogen-bond donors (Lipinski definition) is 5. The second-order valence-corrected chi connectivity index (χ2v) is 8.00. The van der Waals surface area contributed by atoms with Crippen LogP contribution in [0, 0.1) is 12.8 Å². The Hall–Kier alpha value is -3.24. The molecule has 0 aliphatic heterocycles. The molecule has 0 bridgehead atoms. The second-order valence-electron chi connectivity index (χ2n) is 8.00. The molecule has 0 saturated heterocycles. The third-order valence-corrected chi connectivity index (χ3v) is 4.74. The van der Waals surface area contributed by atoms with Crippen LogP contribution >= 0.6 is 0 Å². The van der Waals surface area contributed by atoms with E-state index in [0.29, 0.717) is 12.0 Å². The first-order valence-corrected chi connectivity index (χ1v) is 10.4. The molecule has 0 unspecified atom stereocenters. The molecule has 9 nitrogen and oxygen atoms in total. The van der Waals surface area contributed by atoms with E-state index in [0.717, 1.165) is 5.56 Å². The van der Waals surface area contributed by atoms with E-state index >= 15 is 0 Å². The van der Waals surface area contributed by atoms with Crippen LogP contribution in [-0.2, 0) is 4.79 Å². The Morgan fingerprint density at radius 1 is 1.00 bits per heavy atom. The molecule has 1 aromatic heterocycles. The Kier molecular flexibility index (Phi) is 9.36. The lowest BCUT2D eigenvalue weighted by atomic mass is 9.75. The van der Waals surface area contributed by atoms with Gasteiger partial charge in [0.1, 0.15) is 6.04 Å². The topological polar surface area (TPSA) is 141 Å². The lowest BCUT2D eigenvalue weighted by Gasteiger charge is -2.24. The van der Waals surface area contributed by atoms with Gasteiger partial charge in [0.15, 0.2) is 0 Å². The van der Waals surface area contributed by atoms with Crippen molar-refractivity contribution >= 4 is 24.8 Å². The van der Waals surface area contributed by atoms with Gasteiger partial charge in [-0.1, -0.05) is 31.5 Å². The van der Waals surface area contributed by atoms with Crippen molar-refractivity contribution in [1.29, 1.82) is 0 Å². The molecule has 2 atom stereocenters. The zero-order valence-electron chi connectivity index (χ0n) is 18.4. The van der Waals surface area contributed by atoms with Crippen LogP contribution in [0.15, 0.2) is 48.8 Å². The van der Waals surface area contributed by atoms with E-state index in [1.165, 1.54) is 12.4 Å². The first-order valence-electron chi connectivity index (χ1n) is 10.4. The van der Waals surface area contributed by atoms with Crippen molar-refractivity contribution in [2.45, 2.75) is 39.2 Å². The standard InChI is InChI=1S/C22H29BN4O5/c1-14(2)11-19(23(31)32)27-22(30)18(26-21(29)17-5-4-10-24-12-17)13-25-20(28)16-8-6-15(3)7-9-16/h4-10,12,14,18-19,31-32H,11,13H2,1-3H3,(H,25,28)(H,26,29)(H,27,30)/t18-,19-/m0/s1. The van der Waals surface area contributed by atoms with Crippen molar-refractivity contribution in [2.24, 2.45) is 5.92 Å². The molecule has 0 fully saturated rings. The average molecular weight is 440 g/mol. The Bertz CT molecular complexity index is 906. The third-order valence-electron chi connectivity index (χ3n) is 4.74. The molecule has 0 aliphatic carbocycles. The van der Waals surface area contributed by atoms with Gasteiger partial charge in [-0.05, 0) is 43.5 Å². The summed E-state index contributed by atoms with van der Waals surface area (Å²) in [6.07, 6.45) is 3.19. The summed E-state index contributed by atoms with van der Waals surface area (Å²) in [5, 5.41) is 27.0. The van der Waals surface area contributed by atoms with Gasteiger partial charge < -0.3 is 26.0 Å². The first kappa shape index (κ1) is 25.0. The van der Waals surface area contributed by atoms with Crippen molar-refractivity contribution in [3.8, 4) is 0 Å². The minimum atomic E-state index is -1.77. The number of carbonyl (C=O) groups excluding carboxylic acids is 3. The maximum absolute atomic E-state index is 12.9. The van der Waals surface area contributed by atoms with Gasteiger partial charge in [-0.25, -0.2) is 0 Å². The highest BCUT2D eigenvalue weighted by molar-refractivity contribution is 6.43. The minimum absolute atomic E-state index is 0.0896. The van der Waals surface area contributed by atoms with Gasteiger partial charge in [0.2, 0.25) is 5.91 Å². The smallest absolute Gasteiger partial charge is 0.426 e. The van der Waals surface area contributed by atoms with Crippen molar-refractivity contribution < 1.29 is 24.4 Å². The summed E-state index contributed by atoms with van der Waals surface area (Å²) in [5.74, 6) is -2.43. The molecule has 10 heteroatoms. The van der Waals surface area contributed by atoms with E-state index in [2.05, 4.69) is 20.9 Å². The largest absolute Gasteiger partial charge is 0.475 e. The van der Waals surface area contributed by atoms with E-state index in [-0.39, 0.29) is 18.0 Å². The van der Waals surface area contributed by atoms with Crippen LogP contribution in [0.2, 0.25) is 0 Å². The number of pyridine rings is 1. The molecule has 3 amide bonds. The van der Waals surface area contributed by atoms with Crippen molar-refractivity contribution in [3.63, 3.8) is 0 Å². The van der Waals surface area contributed by atoms with E-state index in [4.69, 9.17) is 0 Å². The monoisotopic (exact) mass is 440 g/mol. The first-order chi connectivity index (χ1) is 15.2. The fourth-order valence-corrected chi connectivity index (χ4v) is 3.00. The predicted octanol–water partition coefficient (Wildman–Crippen LogP) is 0.461. The molecule has 2 aromatic rings. The van der Waals surface area contributed by atoms with Gasteiger partial charge in [0.05, 0.1) is 11.5 Å². The van der Waals surface area contributed by atoms with Gasteiger partial charge in [0.25, 0.3) is 11.8 Å². The number of rotatable bonds is 10. The fraction of sp³-hybridized carbons (Fsp3) is 0.364. The number of hydrogen-bond acceptors (Lipinski definition) is 6. The Morgan fingerprint density at radius 3 is 2.25 bits per heavy atom. The van der Waals surface area contributed by atoms with Crippen LogP contribution in [0.3, 0.4) is 0 Å². The molecule has 0 saturated carbocycles. The molecular weight excluding hydrogens is 411 g/mol. The molecular formula is C22H29BN4O5. The number of nitrogens with one attached hydrogen (secondary N) is 3. The third kappa shape index (κ3) is 7.79. The molecule has 0 spiro atoms. The maximum atomic E-state index is 12.9. The molecule has 0 aliphatic rings. The SMILES string of the molecule is Cc1ccc(C(=O)NC[C@H](NC(=O)c2cccnc2)C(=O)N[C@@H](CC(C)C)B(O)O)cc1. The molecule has 0 radical (unpaired) electrons. The van der Waals surface area contributed by atoms with Crippen LogP contribution in [0.5, 0.6) is 0 Å². The van der Waals surface area contributed by atoms with Crippen LogP contribution in [0.4, 0.5) is 0 Å². The average Bonchev–Trinajstić information content (AvgIpc) is 2.76. The Balaban J connectivity index is 2.13. The fourth-order valence-electron chi connectivity index (χ4n) is 3.00. The Labute approximate surface area is 187 Å². The van der Waals surface area contributed by atoms with Crippen molar-refractivity contribution in [3.05, 3.63) is 65.5 Å². The number of aromatic nitrogens is 1. The zero-order valence-corrected chi connectivity index (χ0v) is 18.4. The molecule has 170 valence electrons. The highest BCUT2D eigenvalue weighted by atomic mass is 16.4. The van der Waals surface area contributed by atoms with Crippen molar-refractivity contribution in [1.82, 2.24) is 20.9 Å². The summed E-state index contributed by atoms with van der Waals surface area (Å²) in [7, 11) is -1.77. The lowest BCUT2D eigenvalue weighted by molar-refractivity contribution is -0.123. The summed E-state index contributed by atoms with van der Waals surface area (Å²) < 4.78 is 0. The van der Waals surface area contributed by atoms with Crippen LogP contribution < -0.4 is 16.0 Å². The van der Waals surface area contributed by atoms with Crippen LogP contribution in [0.1, 0.15) is 46.5 Å². The van der Waals surface area contributed by atoms with E-state index in [1.807, 2.05) is 20.8 Å². The van der Waals surface area contributed by atoms with Crippen LogP contribution in [-0.4, -0.2) is 58.4 Å². The Morgan fingerprint density at radius 2 is 1.69 bits per heavy atom. The number of nitrogens with zero attached hydrogens (tertiary/aromatic N) is 1. The summed E-state index contributed by atoms with van der Waals surface area (Å²) in [5.41, 5.74) is 1.66. The van der Waals surface area contributed by atoms with E-state index in [1.54, 1.807) is 36.4 Å². The molecule has 2 rings (SSSR count). The summed E-state index contributed by atoms with van der Waals surface area (Å²) >= 11 is 0. The van der Waals surface area contributed by atoms with E-state index in [9.17, 15) is 24.4 Å². The number of benzene rings is 1. The highest BCUT2D eigenvalue weighted by Gasteiger charge is 2.30. The van der Waals surface area contributed by atoms with Crippen LogP contribution in [0.25, 0.3) is 0 Å². The normalized spacial score (nSPS) is 12.6. The predicted molar refractivity (Wildman–Crippen MR) is 121 cm³/mol. The highest BCUT2D eigenvalue weighted by Crippen LogP contribution is 2.07. The molecule has 1 heterocycles. The summed E-state index contributed by atoms with van der Waals surface area (Å²) in [4.78, 5) is 41.8. The number of aryl methyl sites for hydroxylation is 1. The molecule has 32 heavy (non-hydrogen) atoms. The van der Waals surface area contributed by atoms with Gasteiger partial charge in [0, 0.05) is 24.5 Å². The number of amides is 3. The quantitative estimate of drug-likeness (QED) is 0.340. The molecule has 5 N–H and O–H groups in total. The second kappa shape index (κ2) is 12.0. The maximum Gasteiger partial charge on any atom is 0.475 e. The van der Waals surface area contributed by atoms with Gasteiger partial charge in [-0.2, -0.15) is 0 Å². The minimum Gasteiger partial charge on any atom is -0.426 e. The summed E-state index contributed by atoms with van der Waals surface area (Å²) in [6.45, 7) is 5.47.